The molecule has 0 N–H and O–H groups in total. The SMILES string of the molecule is C[C@H](c1ccc(Cl)cc1)N(C)C(=O)/C=C\c1ccccn1. The molecule has 0 fully saturated rings. The van der Waals surface area contributed by atoms with Gasteiger partial charge in [0.1, 0.15) is 0 Å². The average Bonchev–Trinajstić information content (AvgIpc) is 2.53. The second-order valence-corrected chi connectivity index (χ2v) is 5.20. The van der Waals surface area contributed by atoms with Crippen LogP contribution in [0.15, 0.2) is 54.7 Å². The summed E-state index contributed by atoms with van der Waals surface area (Å²) < 4.78 is 0. The molecule has 21 heavy (non-hydrogen) atoms. The van der Waals surface area contributed by atoms with E-state index in [1.165, 1.54) is 6.08 Å². The van der Waals surface area contributed by atoms with Gasteiger partial charge in [0.2, 0.25) is 5.91 Å². The van der Waals surface area contributed by atoms with Crippen molar-refractivity contribution in [2.24, 2.45) is 0 Å². The predicted octanol–water partition coefficient (Wildman–Crippen LogP) is 3.97. The molecular formula is C17H17ClN2O. The van der Waals surface area contributed by atoms with Crippen molar-refractivity contribution in [2.75, 3.05) is 7.05 Å². The molecule has 0 aliphatic heterocycles. The van der Waals surface area contributed by atoms with E-state index in [0.29, 0.717) is 5.02 Å². The number of rotatable bonds is 4. The van der Waals surface area contributed by atoms with E-state index in [9.17, 15) is 4.79 Å². The van der Waals surface area contributed by atoms with Crippen LogP contribution in [0.1, 0.15) is 24.2 Å². The summed E-state index contributed by atoms with van der Waals surface area (Å²) in [5, 5.41) is 0.690. The van der Waals surface area contributed by atoms with Gasteiger partial charge in [0.25, 0.3) is 0 Å². The predicted molar refractivity (Wildman–Crippen MR) is 85.9 cm³/mol. The first-order valence-electron chi connectivity index (χ1n) is 6.69. The number of amides is 1. The van der Waals surface area contributed by atoms with Gasteiger partial charge in [-0.1, -0.05) is 29.8 Å². The third-order valence-corrected chi connectivity index (χ3v) is 3.62. The van der Waals surface area contributed by atoms with Gasteiger partial charge in [-0.05, 0) is 42.8 Å². The topological polar surface area (TPSA) is 33.2 Å². The highest BCUT2D eigenvalue weighted by molar-refractivity contribution is 6.30. The quantitative estimate of drug-likeness (QED) is 0.801. The summed E-state index contributed by atoms with van der Waals surface area (Å²) in [5.74, 6) is -0.0666. The molecule has 1 aromatic heterocycles. The summed E-state index contributed by atoms with van der Waals surface area (Å²) in [5.41, 5.74) is 1.81. The van der Waals surface area contributed by atoms with Crippen LogP contribution in [-0.2, 0) is 4.79 Å². The summed E-state index contributed by atoms with van der Waals surface area (Å²) in [6, 6.07) is 13.1. The zero-order valence-electron chi connectivity index (χ0n) is 12.0. The second-order valence-electron chi connectivity index (χ2n) is 4.76. The zero-order valence-corrected chi connectivity index (χ0v) is 12.8. The van der Waals surface area contributed by atoms with Crippen LogP contribution in [0.3, 0.4) is 0 Å². The first-order chi connectivity index (χ1) is 10.1. The lowest BCUT2D eigenvalue weighted by Crippen LogP contribution is -2.27. The lowest BCUT2D eigenvalue weighted by Gasteiger charge is -2.24. The molecule has 3 nitrogen and oxygen atoms in total. The molecule has 1 heterocycles. The fraction of sp³-hybridized carbons (Fsp3) is 0.176. The molecule has 0 bridgehead atoms. The molecule has 1 atom stereocenters. The first-order valence-corrected chi connectivity index (χ1v) is 7.07. The molecule has 0 radical (unpaired) electrons. The van der Waals surface area contributed by atoms with Gasteiger partial charge in [0, 0.05) is 24.3 Å². The van der Waals surface area contributed by atoms with Crippen LogP contribution in [0.25, 0.3) is 6.08 Å². The number of hydrogen-bond acceptors (Lipinski definition) is 2. The smallest absolute Gasteiger partial charge is 0.246 e. The monoisotopic (exact) mass is 300 g/mol. The Balaban J connectivity index is 2.05. The number of benzene rings is 1. The Labute approximate surface area is 129 Å². The van der Waals surface area contributed by atoms with E-state index in [1.807, 2.05) is 49.4 Å². The van der Waals surface area contributed by atoms with E-state index in [0.717, 1.165) is 11.3 Å². The maximum absolute atomic E-state index is 12.2. The number of carbonyl (C=O) groups excluding carboxylic acids is 1. The van der Waals surface area contributed by atoms with Gasteiger partial charge in [0.05, 0.1) is 11.7 Å². The number of hydrogen-bond donors (Lipinski definition) is 0. The van der Waals surface area contributed by atoms with Crippen LogP contribution < -0.4 is 0 Å². The van der Waals surface area contributed by atoms with E-state index >= 15 is 0 Å². The fourth-order valence-corrected chi connectivity index (χ4v) is 2.03. The molecule has 0 saturated carbocycles. The van der Waals surface area contributed by atoms with Gasteiger partial charge in [-0.3, -0.25) is 9.78 Å². The Kier molecular flexibility index (Phi) is 5.12. The Morgan fingerprint density at radius 3 is 2.57 bits per heavy atom. The van der Waals surface area contributed by atoms with E-state index in [-0.39, 0.29) is 11.9 Å². The standard InChI is InChI=1S/C17H17ClN2O/c1-13(14-6-8-15(18)9-7-14)20(2)17(21)11-10-16-5-3-4-12-19-16/h3-13H,1-2H3/b11-10-/t13-/m1/s1. The molecule has 0 aliphatic carbocycles. The van der Waals surface area contributed by atoms with Crippen LogP contribution in [0.2, 0.25) is 5.02 Å². The Morgan fingerprint density at radius 2 is 1.95 bits per heavy atom. The second kappa shape index (κ2) is 7.04. The molecule has 1 aromatic carbocycles. The number of nitrogens with zero attached hydrogens (tertiary/aromatic N) is 2. The Bertz CT molecular complexity index is 623. The molecular weight excluding hydrogens is 284 g/mol. The molecule has 2 aromatic rings. The molecule has 4 heteroatoms. The van der Waals surface area contributed by atoms with E-state index in [1.54, 1.807) is 24.2 Å². The molecule has 1 amide bonds. The average molecular weight is 301 g/mol. The van der Waals surface area contributed by atoms with Crippen molar-refractivity contribution < 1.29 is 4.79 Å². The number of carbonyl (C=O) groups is 1. The maximum Gasteiger partial charge on any atom is 0.246 e. The van der Waals surface area contributed by atoms with E-state index < -0.39 is 0 Å². The molecule has 108 valence electrons. The minimum atomic E-state index is -0.0666. The van der Waals surface area contributed by atoms with Gasteiger partial charge in [-0.25, -0.2) is 0 Å². The third-order valence-electron chi connectivity index (χ3n) is 3.37. The summed E-state index contributed by atoms with van der Waals surface area (Å²) in [4.78, 5) is 18.0. The van der Waals surface area contributed by atoms with Crippen LogP contribution in [0, 0.1) is 0 Å². The summed E-state index contributed by atoms with van der Waals surface area (Å²) in [7, 11) is 1.78. The highest BCUT2D eigenvalue weighted by Crippen LogP contribution is 2.21. The zero-order chi connectivity index (χ0) is 15.2. The minimum Gasteiger partial charge on any atom is -0.335 e. The van der Waals surface area contributed by atoms with Crippen molar-refractivity contribution in [3.05, 3.63) is 71.0 Å². The van der Waals surface area contributed by atoms with Crippen LogP contribution >= 0.6 is 11.6 Å². The largest absolute Gasteiger partial charge is 0.335 e. The summed E-state index contributed by atoms with van der Waals surface area (Å²) in [6.07, 6.45) is 4.95. The van der Waals surface area contributed by atoms with Crippen molar-refractivity contribution in [2.45, 2.75) is 13.0 Å². The Hall–Kier alpha value is -2.13. The first kappa shape index (κ1) is 15.3. The van der Waals surface area contributed by atoms with Gasteiger partial charge >= 0.3 is 0 Å². The molecule has 0 saturated heterocycles. The molecule has 0 aliphatic rings. The van der Waals surface area contributed by atoms with E-state index in [2.05, 4.69) is 4.98 Å². The maximum atomic E-state index is 12.2. The van der Waals surface area contributed by atoms with Gasteiger partial charge in [-0.15, -0.1) is 0 Å². The number of likely N-dealkylation sites (N-methyl/N-ethyl adjacent to an activating group) is 1. The van der Waals surface area contributed by atoms with Crippen molar-refractivity contribution in [3.63, 3.8) is 0 Å². The number of halogens is 1. The Morgan fingerprint density at radius 1 is 1.24 bits per heavy atom. The van der Waals surface area contributed by atoms with Crippen LogP contribution in [0.4, 0.5) is 0 Å². The molecule has 2 rings (SSSR count). The van der Waals surface area contributed by atoms with Gasteiger partial charge in [-0.2, -0.15) is 0 Å². The van der Waals surface area contributed by atoms with Crippen LogP contribution in [-0.4, -0.2) is 22.8 Å². The van der Waals surface area contributed by atoms with Crippen molar-refractivity contribution in [1.29, 1.82) is 0 Å². The lowest BCUT2D eigenvalue weighted by atomic mass is 10.1. The van der Waals surface area contributed by atoms with Crippen molar-refractivity contribution >= 4 is 23.6 Å². The minimum absolute atomic E-state index is 0.0249. The summed E-state index contributed by atoms with van der Waals surface area (Å²) >= 11 is 5.88. The number of pyridine rings is 1. The number of aromatic nitrogens is 1. The van der Waals surface area contributed by atoms with Gasteiger partial charge in [0.15, 0.2) is 0 Å². The lowest BCUT2D eigenvalue weighted by molar-refractivity contribution is -0.126. The normalized spacial score (nSPS) is 12.3. The van der Waals surface area contributed by atoms with Crippen LogP contribution in [0.5, 0.6) is 0 Å². The molecule has 0 unspecified atom stereocenters. The highest BCUT2D eigenvalue weighted by Gasteiger charge is 2.15. The van der Waals surface area contributed by atoms with Crippen molar-refractivity contribution in [3.8, 4) is 0 Å². The highest BCUT2D eigenvalue weighted by atomic mass is 35.5. The van der Waals surface area contributed by atoms with E-state index in [4.69, 9.17) is 11.6 Å². The summed E-state index contributed by atoms with van der Waals surface area (Å²) in [6.45, 7) is 1.98. The van der Waals surface area contributed by atoms with Gasteiger partial charge < -0.3 is 4.90 Å². The molecule has 0 spiro atoms. The fourth-order valence-electron chi connectivity index (χ4n) is 1.90. The third kappa shape index (κ3) is 4.17. The van der Waals surface area contributed by atoms with Crippen molar-refractivity contribution in [1.82, 2.24) is 9.88 Å².